The Bertz CT molecular complexity index is 566. The number of benzene rings is 1. The Balaban J connectivity index is 2.17. The van der Waals surface area contributed by atoms with Gasteiger partial charge in [0.15, 0.2) is 0 Å². The monoisotopic (exact) mass is 306 g/mol. The van der Waals surface area contributed by atoms with E-state index in [1.807, 2.05) is 0 Å². The number of anilines is 2. The van der Waals surface area contributed by atoms with Gasteiger partial charge in [-0.3, -0.25) is 10.1 Å². The highest BCUT2D eigenvalue weighted by molar-refractivity contribution is 6.01. The first kappa shape index (κ1) is 16.3. The maximum absolute atomic E-state index is 12.1. The average Bonchev–Trinajstić information content (AvgIpc) is 2.78. The van der Waals surface area contributed by atoms with Crippen LogP contribution in [0.1, 0.15) is 27.2 Å². The third kappa shape index (κ3) is 3.98. The number of aliphatic hydroxyl groups excluding tert-OH is 1. The fraction of sp³-hybridized carbons (Fsp3) is 0.500. The highest BCUT2D eigenvalue weighted by Gasteiger charge is 2.31. The minimum absolute atomic E-state index is 0.0239. The van der Waals surface area contributed by atoms with Gasteiger partial charge in [0.2, 0.25) is 5.91 Å². The Labute approximate surface area is 130 Å². The molecule has 0 aliphatic carbocycles. The van der Waals surface area contributed by atoms with Crippen LogP contribution in [0.5, 0.6) is 0 Å². The van der Waals surface area contributed by atoms with Gasteiger partial charge >= 0.3 is 6.09 Å². The summed E-state index contributed by atoms with van der Waals surface area (Å²) < 4.78 is 5.23. The summed E-state index contributed by atoms with van der Waals surface area (Å²) in [7, 11) is 0. The van der Waals surface area contributed by atoms with Crippen LogP contribution in [-0.2, 0) is 9.53 Å². The van der Waals surface area contributed by atoms with Gasteiger partial charge in [-0.1, -0.05) is 12.1 Å². The van der Waals surface area contributed by atoms with Crippen molar-refractivity contribution >= 4 is 23.4 Å². The average molecular weight is 306 g/mol. The lowest BCUT2D eigenvalue weighted by atomic mass is 10.1. The fourth-order valence-corrected chi connectivity index (χ4v) is 2.36. The molecule has 1 atom stereocenters. The topological polar surface area (TPSA) is 78.9 Å². The van der Waals surface area contributed by atoms with Crippen LogP contribution in [-0.4, -0.2) is 35.9 Å². The number of amides is 2. The van der Waals surface area contributed by atoms with Gasteiger partial charge in [-0.25, -0.2) is 4.79 Å². The summed E-state index contributed by atoms with van der Waals surface area (Å²) in [6.45, 7) is 5.78. The molecule has 1 aliphatic heterocycles. The van der Waals surface area contributed by atoms with Crippen LogP contribution < -0.4 is 10.2 Å². The zero-order valence-electron chi connectivity index (χ0n) is 13.1. The maximum atomic E-state index is 12.1. The second-order valence-electron chi connectivity index (χ2n) is 6.40. The molecule has 6 nitrogen and oxygen atoms in total. The Kier molecular flexibility index (Phi) is 4.71. The molecule has 120 valence electrons. The predicted octanol–water partition coefficient (Wildman–Crippen LogP) is 2.38. The second kappa shape index (κ2) is 6.36. The minimum Gasteiger partial charge on any atom is -0.444 e. The molecule has 0 radical (unpaired) electrons. The van der Waals surface area contributed by atoms with Crippen molar-refractivity contribution in [2.45, 2.75) is 32.8 Å². The van der Waals surface area contributed by atoms with Crippen LogP contribution in [0.3, 0.4) is 0 Å². The lowest BCUT2D eigenvalue weighted by Crippen LogP contribution is -2.29. The molecule has 2 N–H and O–H groups in total. The first-order valence-electron chi connectivity index (χ1n) is 7.30. The summed E-state index contributed by atoms with van der Waals surface area (Å²) >= 11 is 0. The van der Waals surface area contributed by atoms with Crippen molar-refractivity contribution in [3.63, 3.8) is 0 Å². The quantitative estimate of drug-likeness (QED) is 0.898. The van der Waals surface area contributed by atoms with Gasteiger partial charge in [-0.2, -0.15) is 0 Å². The lowest BCUT2D eigenvalue weighted by molar-refractivity contribution is -0.117. The molecule has 1 aromatic rings. The van der Waals surface area contributed by atoms with Crippen LogP contribution in [0, 0.1) is 5.92 Å². The van der Waals surface area contributed by atoms with Crippen LogP contribution in [0.4, 0.5) is 16.2 Å². The van der Waals surface area contributed by atoms with E-state index in [1.165, 1.54) is 0 Å². The summed E-state index contributed by atoms with van der Waals surface area (Å²) in [5, 5.41) is 11.9. The number of ether oxygens (including phenoxy) is 1. The molecule has 2 amide bonds. The Morgan fingerprint density at radius 1 is 1.41 bits per heavy atom. The van der Waals surface area contributed by atoms with E-state index < -0.39 is 11.7 Å². The highest BCUT2D eigenvalue weighted by Crippen LogP contribution is 2.31. The van der Waals surface area contributed by atoms with Gasteiger partial charge in [0.1, 0.15) is 5.60 Å². The smallest absolute Gasteiger partial charge is 0.412 e. The molecule has 1 fully saturated rings. The fourth-order valence-electron chi connectivity index (χ4n) is 2.36. The Morgan fingerprint density at radius 3 is 2.68 bits per heavy atom. The first-order valence-corrected chi connectivity index (χ1v) is 7.30. The summed E-state index contributed by atoms with van der Waals surface area (Å²) in [5.41, 5.74) is 0.544. The highest BCUT2D eigenvalue weighted by atomic mass is 16.6. The van der Waals surface area contributed by atoms with Crippen molar-refractivity contribution in [1.29, 1.82) is 0 Å². The number of rotatable bonds is 3. The van der Waals surface area contributed by atoms with E-state index >= 15 is 0 Å². The van der Waals surface area contributed by atoms with Crippen LogP contribution in [0.2, 0.25) is 0 Å². The number of para-hydroxylation sites is 2. The van der Waals surface area contributed by atoms with E-state index in [9.17, 15) is 14.7 Å². The summed E-state index contributed by atoms with van der Waals surface area (Å²) in [6, 6.07) is 7.07. The Morgan fingerprint density at radius 2 is 2.09 bits per heavy atom. The van der Waals surface area contributed by atoms with E-state index in [1.54, 1.807) is 49.9 Å². The third-order valence-corrected chi connectivity index (χ3v) is 3.29. The van der Waals surface area contributed by atoms with Gasteiger partial charge in [0.25, 0.3) is 0 Å². The standard InChI is InChI=1S/C16H22N2O4/c1-16(2,3)22-15(21)17-12-6-4-5-7-13(12)18-9-11(10-19)8-14(18)20/h4-7,11,19H,8-10H2,1-3H3,(H,17,21). The molecule has 0 saturated carbocycles. The van der Waals surface area contributed by atoms with Crippen LogP contribution >= 0.6 is 0 Å². The van der Waals surface area contributed by atoms with Crippen LogP contribution in [0.15, 0.2) is 24.3 Å². The van der Waals surface area contributed by atoms with E-state index in [0.29, 0.717) is 24.3 Å². The minimum atomic E-state index is -0.593. The van der Waals surface area contributed by atoms with Crippen molar-refractivity contribution in [2.75, 3.05) is 23.4 Å². The van der Waals surface area contributed by atoms with Crippen molar-refractivity contribution < 1.29 is 19.4 Å². The predicted molar refractivity (Wildman–Crippen MR) is 83.8 cm³/mol. The zero-order valence-corrected chi connectivity index (χ0v) is 13.1. The molecular weight excluding hydrogens is 284 g/mol. The number of carbonyl (C=O) groups excluding carboxylic acids is 2. The third-order valence-electron chi connectivity index (χ3n) is 3.29. The van der Waals surface area contributed by atoms with Gasteiger partial charge in [-0.15, -0.1) is 0 Å². The summed E-state index contributed by atoms with van der Waals surface area (Å²) in [5.74, 6) is -0.125. The maximum Gasteiger partial charge on any atom is 0.412 e. The number of carbonyl (C=O) groups is 2. The molecule has 1 unspecified atom stereocenters. The molecule has 2 rings (SSSR count). The van der Waals surface area contributed by atoms with Crippen molar-refractivity contribution in [2.24, 2.45) is 5.92 Å². The first-order chi connectivity index (χ1) is 10.3. The molecule has 0 aromatic heterocycles. The van der Waals surface area contributed by atoms with E-state index in [2.05, 4.69) is 5.32 Å². The second-order valence-corrected chi connectivity index (χ2v) is 6.40. The van der Waals surface area contributed by atoms with Gasteiger partial charge in [-0.05, 0) is 32.9 Å². The molecule has 0 spiro atoms. The molecular formula is C16H22N2O4. The number of nitrogens with zero attached hydrogens (tertiary/aromatic N) is 1. The van der Waals surface area contributed by atoms with Crippen molar-refractivity contribution in [1.82, 2.24) is 0 Å². The molecule has 1 heterocycles. The SMILES string of the molecule is CC(C)(C)OC(=O)Nc1ccccc1N1CC(CO)CC1=O. The van der Waals surface area contributed by atoms with E-state index in [-0.39, 0.29) is 18.4 Å². The van der Waals surface area contributed by atoms with E-state index in [0.717, 1.165) is 0 Å². The van der Waals surface area contributed by atoms with Gasteiger partial charge < -0.3 is 14.7 Å². The number of nitrogens with one attached hydrogen (secondary N) is 1. The van der Waals surface area contributed by atoms with Gasteiger partial charge in [0.05, 0.1) is 11.4 Å². The Hall–Kier alpha value is -2.08. The molecule has 0 bridgehead atoms. The summed E-state index contributed by atoms with van der Waals surface area (Å²) in [6.07, 6.45) is -0.248. The molecule has 1 aliphatic rings. The lowest BCUT2D eigenvalue weighted by Gasteiger charge is -2.23. The van der Waals surface area contributed by atoms with Gasteiger partial charge in [0, 0.05) is 25.5 Å². The molecule has 1 saturated heterocycles. The zero-order chi connectivity index (χ0) is 16.3. The number of hydrogen-bond donors (Lipinski definition) is 2. The normalized spacial score (nSPS) is 18.5. The van der Waals surface area contributed by atoms with Crippen molar-refractivity contribution in [3.05, 3.63) is 24.3 Å². The number of aliphatic hydroxyl groups is 1. The summed E-state index contributed by atoms with van der Waals surface area (Å²) in [4.78, 5) is 25.6. The van der Waals surface area contributed by atoms with E-state index in [4.69, 9.17) is 4.74 Å². The van der Waals surface area contributed by atoms with Crippen molar-refractivity contribution in [3.8, 4) is 0 Å². The molecule has 1 aromatic carbocycles. The van der Waals surface area contributed by atoms with Crippen LogP contribution in [0.25, 0.3) is 0 Å². The molecule has 22 heavy (non-hydrogen) atoms. The number of hydrogen-bond acceptors (Lipinski definition) is 4. The molecule has 6 heteroatoms. The largest absolute Gasteiger partial charge is 0.444 e.